The summed E-state index contributed by atoms with van der Waals surface area (Å²) >= 11 is 6.43. The molecule has 0 aliphatic heterocycles. The van der Waals surface area contributed by atoms with Gasteiger partial charge in [-0.05, 0) is 69.0 Å². The monoisotopic (exact) mass is 903 g/mol. The molecule has 57 heavy (non-hydrogen) atoms. The number of para-hydroxylation sites is 2. The maximum atomic E-state index is 11.6. The molecule has 8 aromatic rings. The summed E-state index contributed by atoms with van der Waals surface area (Å²) in [6.07, 6.45) is 7.26. The number of carbonyl (C=O) groups excluding carboxylic acids is 2. The number of nitrogens with two attached hydrogens (primary N) is 3. The maximum absolute atomic E-state index is 11.6. The summed E-state index contributed by atoms with van der Waals surface area (Å²) in [4.78, 5) is 48.2. The van der Waals surface area contributed by atoms with E-state index in [1.807, 2.05) is 59.4 Å². The van der Waals surface area contributed by atoms with Crippen LogP contribution in [0, 0.1) is 0 Å². The van der Waals surface area contributed by atoms with Crippen LogP contribution in [0.5, 0.6) is 0 Å². The minimum Gasteiger partial charge on any atom is -0.399 e. The van der Waals surface area contributed by atoms with E-state index < -0.39 is 11.8 Å². The lowest BCUT2D eigenvalue weighted by atomic mass is 10.1. The molecule has 0 fully saturated rings. The first-order valence-corrected chi connectivity index (χ1v) is 19.2. The standard InChI is InChI=1S/C20H17N5OS.C16H15N5O.C3H2BrNS.2ClH/c21-19(26)15-5-2-6-16-18(15)24-12-25-20(16)23-11-14-4-1-3-13(9-14)10-17-22-7-8-27-17;17-11-4-1-3-10(7-11)8-19-16-13-6-2-5-12(15(18)22)14(13)20-9-21-16;4-3-5-1-2-6-3;;/h1-9,12H,10-11H2,(H2,21,26)(H,23,24,25);1-7,9H,8,17H2,(H2,18,22)(H,19,20,21);1-2H;2*1H. The third-order valence-corrected chi connectivity index (χ3v) is 10.1. The number of primary amides is 2. The molecule has 2 amide bonds. The third-order valence-electron chi connectivity index (χ3n) is 7.96. The molecule has 4 aromatic heterocycles. The number of rotatable bonds is 10. The van der Waals surface area contributed by atoms with Gasteiger partial charge in [-0.1, -0.05) is 48.5 Å². The van der Waals surface area contributed by atoms with Crippen LogP contribution in [-0.4, -0.2) is 41.7 Å². The minimum absolute atomic E-state index is 0. The van der Waals surface area contributed by atoms with Gasteiger partial charge in [0.05, 0.1) is 27.2 Å². The van der Waals surface area contributed by atoms with E-state index in [1.165, 1.54) is 18.2 Å². The Hall–Kier alpha value is -5.78. The molecular formula is C39H36BrCl2N11O2S2. The van der Waals surface area contributed by atoms with E-state index in [0.717, 1.165) is 37.2 Å². The van der Waals surface area contributed by atoms with Crippen molar-refractivity contribution in [3.05, 3.63) is 157 Å². The fourth-order valence-corrected chi connectivity index (χ4v) is 6.95. The lowest BCUT2D eigenvalue weighted by Crippen LogP contribution is -2.12. The first-order valence-electron chi connectivity index (χ1n) is 16.7. The fourth-order valence-electron chi connectivity index (χ4n) is 5.50. The van der Waals surface area contributed by atoms with Gasteiger partial charge in [0.2, 0.25) is 0 Å². The number of hydrogen-bond acceptors (Lipinski definition) is 13. The summed E-state index contributed by atoms with van der Waals surface area (Å²) in [5.74, 6) is 0.315. The molecular weight excluding hydrogens is 869 g/mol. The minimum atomic E-state index is -0.508. The van der Waals surface area contributed by atoms with E-state index in [1.54, 1.807) is 53.1 Å². The van der Waals surface area contributed by atoms with Gasteiger partial charge in [0.15, 0.2) is 3.92 Å². The van der Waals surface area contributed by atoms with Crippen molar-refractivity contribution in [3.63, 3.8) is 0 Å². The van der Waals surface area contributed by atoms with Gasteiger partial charge < -0.3 is 27.8 Å². The lowest BCUT2D eigenvalue weighted by molar-refractivity contribution is 0.0993. The summed E-state index contributed by atoms with van der Waals surface area (Å²) in [6.45, 7) is 1.18. The van der Waals surface area contributed by atoms with Crippen LogP contribution in [0.15, 0.2) is 125 Å². The number of thiazole rings is 2. The number of hydrogen-bond donors (Lipinski definition) is 5. The van der Waals surface area contributed by atoms with Gasteiger partial charge in [-0.3, -0.25) is 9.59 Å². The van der Waals surface area contributed by atoms with Gasteiger partial charge in [0.25, 0.3) is 11.8 Å². The number of halogens is 3. The van der Waals surface area contributed by atoms with Crippen molar-refractivity contribution in [3.8, 4) is 0 Å². The summed E-state index contributed by atoms with van der Waals surface area (Å²) in [7, 11) is 0. The van der Waals surface area contributed by atoms with Crippen LogP contribution < -0.4 is 27.8 Å². The molecule has 0 radical (unpaired) electrons. The summed E-state index contributed by atoms with van der Waals surface area (Å²) in [6, 6.07) is 26.6. The van der Waals surface area contributed by atoms with Crippen molar-refractivity contribution in [1.29, 1.82) is 0 Å². The van der Waals surface area contributed by atoms with Crippen molar-refractivity contribution in [2.24, 2.45) is 11.5 Å². The highest BCUT2D eigenvalue weighted by molar-refractivity contribution is 9.11. The number of carbonyl (C=O) groups is 2. The fraction of sp³-hybridized carbons (Fsp3) is 0.0769. The molecule has 0 spiro atoms. The first kappa shape index (κ1) is 43.9. The van der Waals surface area contributed by atoms with Crippen LogP contribution in [0.1, 0.15) is 42.4 Å². The molecule has 0 unspecified atom stereocenters. The zero-order chi connectivity index (χ0) is 38.6. The number of amides is 2. The average Bonchev–Trinajstić information content (AvgIpc) is 3.90. The van der Waals surface area contributed by atoms with Gasteiger partial charge in [0, 0.05) is 59.1 Å². The smallest absolute Gasteiger partial charge is 0.250 e. The molecule has 8 N–H and O–H groups in total. The zero-order valence-corrected chi connectivity index (χ0v) is 34.8. The second kappa shape index (κ2) is 21.5. The van der Waals surface area contributed by atoms with Crippen LogP contribution in [-0.2, 0) is 19.5 Å². The van der Waals surface area contributed by atoms with E-state index in [9.17, 15) is 9.59 Å². The van der Waals surface area contributed by atoms with Crippen LogP contribution in [0.25, 0.3) is 21.8 Å². The molecule has 18 heteroatoms. The van der Waals surface area contributed by atoms with Gasteiger partial charge in [-0.15, -0.1) is 47.5 Å². The van der Waals surface area contributed by atoms with Crippen LogP contribution in [0.4, 0.5) is 17.3 Å². The second-order valence-corrected chi connectivity index (χ2v) is 14.9. The number of fused-ring (bicyclic) bond motifs is 2. The highest BCUT2D eigenvalue weighted by Gasteiger charge is 2.12. The van der Waals surface area contributed by atoms with E-state index in [2.05, 4.69) is 74.7 Å². The Morgan fingerprint density at radius 3 is 1.60 bits per heavy atom. The van der Waals surface area contributed by atoms with Crippen molar-refractivity contribution in [1.82, 2.24) is 29.9 Å². The maximum Gasteiger partial charge on any atom is 0.250 e. The predicted molar refractivity (Wildman–Crippen MR) is 237 cm³/mol. The molecule has 0 aliphatic carbocycles. The first-order chi connectivity index (χ1) is 26.7. The molecule has 0 aliphatic rings. The van der Waals surface area contributed by atoms with Crippen LogP contribution in [0.3, 0.4) is 0 Å². The van der Waals surface area contributed by atoms with Crippen molar-refractivity contribution < 1.29 is 9.59 Å². The Labute approximate surface area is 356 Å². The van der Waals surface area contributed by atoms with Gasteiger partial charge in [-0.25, -0.2) is 29.9 Å². The van der Waals surface area contributed by atoms with Crippen molar-refractivity contribution in [2.45, 2.75) is 19.5 Å². The molecule has 0 saturated carbocycles. The van der Waals surface area contributed by atoms with E-state index in [4.69, 9.17) is 17.2 Å². The molecule has 8 rings (SSSR count). The number of aromatic nitrogens is 6. The van der Waals surface area contributed by atoms with Gasteiger partial charge >= 0.3 is 0 Å². The van der Waals surface area contributed by atoms with Crippen molar-refractivity contribution in [2.75, 3.05) is 16.4 Å². The summed E-state index contributed by atoms with van der Waals surface area (Å²) in [5, 5.41) is 13.1. The highest BCUT2D eigenvalue weighted by Crippen LogP contribution is 2.24. The molecule has 4 heterocycles. The Morgan fingerprint density at radius 1 is 0.614 bits per heavy atom. The number of benzene rings is 4. The summed E-state index contributed by atoms with van der Waals surface area (Å²) < 4.78 is 0.947. The predicted octanol–water partition coefficient (Wildman–Crippen LogP) is 8.06. The van der Waals surface area contributed by atoms with Crippen LogP contribution in [0.2, 0.25) is 0 Å². The quantitative estimate of drug-likeness (QED) is 0.0828. The average molecular weight is 906 g/mol. The Morgan fingerprint density at radius 2 is 1.12 bits per heavy atom. The van der Waals surface area contributed by atoms with Gasteiger partial charge in [-0.2, -0.15) is 0 Å². The van der Waals surface area contributed by atoms with Crippen molar-refractivity contribution >= 4 is 114 Å². The molecule has 292 valence electrons. The van der Waals surface area contributed by atoms with E-state index >= 15 is 0 Å². The van der Waals surface area contributed by atoms with E-state index in [0.29, 0.717) is 52.6 Å². The zero-order valence-electron chi connectivity index (χ0n) is 29.9. The normalized spacial score (nSPS) is 10.1. The number of anilines is 3. The third kappa shape index (κ3) is 12.1. The largest absolute Gasteiger partial charge is 0.399 e. The summed E-state index contributed by atoms with van der Waals surface area (Å²) in [5.41, 5.74) is 22.6. The second-order valence-electron chi connectivity index (χ2n) is 11.7. The molecule has 0 bridgehead atoms. The van der Waals surface area contributed by atoms with Crippen LogP contribution >= 0.6 is 63.4 Å². The number of nitrogens with one attached hydrogen (secondary N) is 2. The van der Waals surface area contributed by atoms with E-state index in [-0.39, 0.29) is 24.8 Å². The Bertz CT molecular complexity index is 2550. The topological polar surface area (TPSA) is 214 Å². The Kier molecular flexibility index (Phi) is 16.6. The lowest BCUT2D eigenvalue weighted by Gasteiger charge is -2.10. The van der Waals surface area contributed by atoms with Gasteiger partial charge in [0.1, 0.15) is 24.3 Å². The highest BCUT2D eigenvalue weighted by atomic mass is 79.9. The molecule has 0 saturated heterocycles. The SMILES string of the molecule is Brc1nccs1.Cl.Cl.NC(=O)c1cccc2c(NCc3cccc(Cc4nccs4)c3)ncnc12.NC(=O)c1cccc2c(NCc3cccc(N)c3)ncnc12. The number of nitrogen functional groups attached to an aromatic ring is 1. The molecule has 4 aromatic carbocycles. The Balaban J connectivity index is 0.000000216. The molecule has 13 nitrogen and oxygen atoms in total. The molecule has 0 atom stereocenters. The number of nitrogens with zero attached hydrogens (tertiary/aromatic N) is 6.